The quantitative estimate of drug-likeness (QED) is 0.365. The first kappa shape index (κ1) is 14.6. The molecule has 0 N–H and O–H groups in total. The highest BCUT2D eigenvalue weighted by Crippen LogP contribution is 2.31. The van der Waals surface area contributed by atoms with Gasteiger partial charge in [0.2, 0.25) is 5.91 Å². The Morgan fingerprint density at radius 2 is 2.25 bits per heavy atom. The molecule has 1 unspecified atom stereocenters. The third-order valence-corrected chi connectivity index (χ3v) is 4.20. The van der Waals surface area contributed by atoms with E-state index < -0.39 is 4.92 Å². The summed E-state index contributed by atoms with van der Waals surface area (Å²) in [5.41, 5.74) is 0.516. The first-order valence-electron chi connectivity index (χ1n) is 6.09. The van der Waals surface area contributed by atoms with Gasteiger partial charge in [0.25, 0.3) is 5.69 Å². The summed E-state index contributed by atoms with van der Waals surface area (Å²) in [6.07, 6.45) is 0.416. The molecule has 7 heteroatoms. The molecule has 0 saturated carbocycles. The van der Waals surface area contributed by atoms with Crippen LogP contribution in [0.2, 0.25) is 0 Å². The molecular weight excluding hydrogens is 328 g/mol. The second kappa shape index (κ2) is 5.70. The Morgan fingerprint density at radius 3 is 2.75 bits per heavy atom. The molecular formula is C13H13BrN2O4. The molecule has 1 fully saturated rings. The van der Waals surface area contributed by atoms with Crippen LogP contribution in [0, 0.1) is 16.0 Å². The highest BCUT2D eigenvalue weighted by atomic mass is 79.9. The van der Waals surface area contributed by atoms with Crippen molar-refractivity contribution in [1.29, 1.82) is 0 Å². The van der Waals surface area contributed by atoms with E-state index in [1.807, 2.05) is 0 Å². The minimum Gasteiger partial charge on any atom is -0.311 e. The zero-order valence-corrected chi connectivity index (χ0v) is 12.4. The van der Waals surface area contributed by atoms with Crippen molar-refractivity contribution < 1.29 is 14.5 Å². The zero-order chi connectivity index (χ0) is 14.9. The number of Topliss-reactive ketones (excluding diaryl/α,β-unsaturated/α-hetero) is 1. The number of benzene rings is 1. The van der Waals surface area contributed by atoms with Crippen molar-refractivity contribution >= 4 is 39.0 Å². The van der Waals surface area contributed by atoms with Crippen molar-refractivity contribution in [2.75, 3.05) is 16.8 Å². The van der Waals surface area contributed by atoms with Crippen LogP contribution < -0.4 is 4.90 Å². The summed E-state index contributed by atoms with van der Waals surface area (Å²) in [6.45, 7) is 1.85. The Hall–Kier alpha value is -1.76. The topological polar surface area (TPSA) is 80.5 Å². The van der Waals surface area contributed by atoms with E-state index in [0.717, 1.165) is 0 Å². The number of ketones is 1. The summed E-state index contributed by atoms with van der Waals surface area (Å²) in [7, 11) is 0. The molecule has 0 spiro atoms. The molecule has 1 atom stereocenters. The van der Waals surface area contributed by atoms with Crippen molar-refractivity contribution in [3.8, 4) is 0 Å². The normalized spacial score (nSPS) is 18.4. The van der Waals surface area contributed by atoms with Gasteiger partial charge in [-0.25, -0.2) is 0 Å². The number of non-ortho nitro benzene ring substituents is 1. The van der Waals surface area contributed by atoms with Gasteiger partial charge in [0.1, 0.15) is 0 Å². The number of nitrogens with zero attached hydrogens (tertiary/aromatic N) is 2. The van der Waals surface area contributed by atoms with E-state index in [2.05, 4.69) is 15.9 Å². The van der Waals surface area contributed by atoms with Crippen LogP contribution >= 0.6 is 15.9 Å². The van der Waals surface area contributed by atoms with Gasteiger partial charge in [0, 0.05) is 36.0 Å². The van der Waals surface area contributed by atoms with Crippen molar-refractivity contribution in [3.05, 3.63) is 33.9 Å². The minimum absolute atomic E-state index is 0.0641. The Labute approximate surface area is 124 Å². The van der Waals surface area contributed by atoms with Crippen LogP contribution in [0.3, 0.4) is 0 Å². The van der Waals surface area contributed by atoms with Gasteiger partial charge in [0.05, 0.1) is 10.6 Å². The van der Waals surface area contributed by atoms with Gasteiger partial charge in [-0.3, -0.25) is 19.7 Å². The molecule has 20 heavy (non-hydrogen) atoms. The lowest BCUT2D eigenvalue weighted by Crippen LogP contribution is -2.26. The van der Waals surface area contributed by atoms with E-state index in [-0.39, 0.29) is 28.9 Å². The number of nitro benzene ring substituents is 1. The highest BCUT2D eigenvalue weighted by molar-refractivity contribution is 9.09. The first-order chi connectivity index (χ1) is 9.43. The molecule has 6 nitrogen and oxygen atoms in total. The molecule has 0 bridgehead atoms. The van der Waals surface area contributed by atoms with Crippen LogP contribution in [0.1, 0.15) is 23.7 Å². The number of alkyl halides is 1. The van der Waals surface area contributed by atoms with Gasteiger partial charge in [0.15, 0.2) is 5.78 Å². The smallest absolute Gasteiger partial charge is 0.270 e. The Kier molecular flexibility index (Phi) is 4.17. The maximum absolute atomic E-state index is 12.0. The van der Waals surface area contributed by atoms with Crippen LogP contribution in [0.5, 0.6) is 0 Å². The summed E-state index contributed by atoms with van der Waals surface area (Å²) >= 11 is 3.35. The number of halogens is 1. The molecule has 2 rings (SSSR count). The van der Waals surface area contributed by atoms with E-state index in [4.69, 9.17) is 0 Å². The molecule has 0 radical (unpaired) electrons. The van der Waals surface area contributed by atoms with Crippen LogP contribution in [0.15, 0.2) is 18.2 Å². The third kappa shape index (κ3) is 2.72. The first-order valence-corrected chi connectivity index (χ1v) is 7.22. The summed E-state index contributed by atoms with van der Waals surface area (Å²) in [5.74, 6) is -0.165. The number of hydrogen-bond acceptors (Lipinski definition) is 4. The largest absolute Gasteiger partial charge is 0.311 e. The van der Waals surface area contributed by atoms with E-state index in [1.165, 1.54) is 30.0 Å². The molecule has 1 heterocycles. The number of carbonyl (C=O) groups is 2. The number of rotatable bonds is 4. The minimum atomic E-state index is -0.552. The summed E-state index contributed by atoms with van der Waals surface area (Å²) in [5, 5.41) is 11.5. The molecule has 1 aromatic rings. The lowest BCUT2D eigenvalue weighted by molar-refractivity contribution is -0.384. The Morgan fingerprint density at radius 1 is 1.55 bits per heavy atom. The number of anilines is 1. The molecule has 0 aliphatic carbocycles. The second-order valence-electron chi connectivity index (χ2n) is 4.74. The third-order valence-electron chi connectivity index (χ3n) is 3.28. The Balaban J connectivity index is 2.44. The molecule has 1 amide bonds. The molecule has 1 aliphatic heterocycles. The van der Waals surface area contributed by atoms with Crippen molar-refractivity contribution in [1.82, 2.24) is 0 Å². The Bertz CT molecular complexity index is 588. The van der Waals surface area contributed by atoms with E-state index in [1.54, 1.807) is 0 Å². The van der Waals surface area contributed by atoms with Gasteiger partial charge in [-0.05, 0) is 18.9 Å². The van der Waals surface area contributed by atoms with Crippen molar-refractivity contribution in [2.24, 2.45) is 5.92 Å². The molecule has 1 aliphatic rings. The van der Waals surface area contributed by atoms with E-state index in [9.17, 15) is 19.7 Å². The van der Waals surface area contributed by atoms with Crippen LogP contribution in [-0.4, -0.2) is 28.5 Å². The summed E-state index contributed by atoms with van der Waals surface area (Å²) in [6, 6.07) is 4.02. The highest BCUT2D eigenvalue weighted by Gasteiger charge is 2.32. The van der Waals surface area contributed by atoms with Crippen LogP contribution in [0.25, 0.3) is 0 Å². The average Bonchev–Trinajstić information content (AvgIpc) is 2.79. The number of nitro groups is 1. The fourth-order valence-corrected chi connectivity index (χ4v) is 2.71. The van der Waals surface area contributed by atoms with Crippen molar-refractivity contribution in [3.63, 3.8) is 0 Å². The standard InChI is InChI=1S/C13H13BrN2O4/c1-8(17)11-5-10(16(19)20)2-3-12(11)15-7-9(6-14)4-13(15)18/h2-3,5,9H,4,6-7H2,1H3. The lowest BCUT2D eigenvalue weighted by Gasteiger charge is -2.19. The fraction of sp³-hybridized carbons (Fsp3) is 0.385. The van der Waals surface area contributed by atoms with E-state index in [0.29, 0.717) is 24.0 Å². The maximum Gasteiger partial charge on any atom is 0.270 e. The average molecular weight is 341 g/mol. The molecule has 0 aromatic heterocycles. The maximum atomic E-state index is 12.0. The zero-order valence-electron chi connectivity index (χ0n) is 10.8. The van der Waals surface area contributed by atoms with Crippen LogP contribution in [-0.2, 0) is 4.79 Å². The summed E-state index contributed by atoms with van der Waals surface area (Å²) in [4.78, 5) is 35.4. The molecule has 1 aromatic carbocycles. The van der Waals surface area contributed by atoms with Crippen LogP contribution in [0.4, 0.5) is 11.4 Å². The van der Waals surface area contributed by atoms with Crippen molar-refractivity contribution in [2.45, 2.75) is 13.3 Å². The SMILES string of the molecule is CC(=O)c1cc([N+](=O)[O-])ccc1N1CC(CBr)CC1=O. The monoisotopic (exact) mass is 340 g/mol. The van der Waals surface area contributed by atoms with Gasteiger partial charge < -0.3 is 4.90 Å². The predicted octanol–water partition coefficient (Wildman–Crippen LogP) is 2.55. The van der Waals surface area contributed by atoms with Gasteiger partial charge >= 0.3 is 0 Å². The summed E-state index contributed by atoms with van der Waals surface area (Å²) < 4.78 is 0. The van der Waals surface area contributed by atoms with E-state index >= 15 is 0 Å². The second-order valence-corrected chi connectivity index (χ2v) is 5.39. The lowest BCUT2D eigenvalue weighted by atomic mass is 10.1. The van der Waals surface area contributed by atoms with Gasteiger partial charge in [-0.1, -0.05) is 15.9 Å². The predicted molar refractivity (Wildman–Crippen MR) is 77.4 cm³/mol. The number of amides is 1. The molecule has 106 valence electrons. The van der Waals surface area contributed by atoms with Gasteiger partial charge in [-0.15, -0.1) is 0 Å². The fourth-order valence-electron chi connectivity index (χ4n) is 2.27. The number of carbonyl (C=O) groups excluding carboxylic acids is 2. The number of hydrogen-bond donors (Lipinski definition) is 0. The van der Waals surface area contributed by atoms with Gasteiger partial charge in [-0.2, -0.15) is 0 Å². The molecule has 1 saturated heterocycles.